The fraction of sp³-hybridized carbons (Fsp3) is 0.632. The van der Waals surface area contributed by atoms with Crippen molar-refractivity contribution >= 4 is 33.2 Å². The summed E-state index contributed by atoms with van der Waals surface area (Å²) in [6.45, 7) is 10.6. The van der Waals surface area contributed by atoms with Crippen molar-refractivity contribution in [3.63, 3.8) is 0 Å². The first-order chi connectivity index (χ1) is 13.2. The predicted molar refractivity (Wildman–Crippen MR) is 114 cm³/mol. The largest absolute Gasteiger partial charge is 0.480 e. The summed E-state index contributed by atoms with van der Waals surface area (Å²) in [5.74, 6) is 0.495. The number of halogens is 1. The van der Waals surface area contributed by atoms with Crippen LogP contribution in [0.15, 0.2) is 9.85 Å². The van der Waals surface area contributed by atoms with Crippen molar-refractivity contribution in [2.75, 3.05) is 33.3 Å². The number of rotatable bonds is 4. The fourth-order valence-corrected chi connectivity index (χ4v) is 4.84. The number of methoxy groups -OCH3 is 1. The summed E-state index contributed by atoms with van der Waals surface area (Å²) in [7, 11) is 3.34. The van der Waals surface area contributed by atoms with E-state index in [1.54, 1.807) is 30.2 Å². The molecule has 1 fully saturated rings. The highest BCUT2D eigenvalue weighted by atomic mass is 79.9. The van der Waals surface area contributed by atoms with Crippen LogP contribution >= 0.6 is 27.3 Å². The van der Waals surface area contributed by atoms with Gasteiger partial charge in [-0.15, -0.1) is 11.3 Å². The molecule has 0 saturated carbocycles. The summed E-state index contributed by atoms with van der Waals surface area (Å²) in [6.07, 6.45) is 0.934. The van der Waals surface area contributed by atoms with Gasteiger partial charge in [0.25, 0.3) is 5.91 Å². The van der Waals surface area contributed by atoms with E-state index in [4.69, 9.17) is 9.72 Å². The molecular formula is C19H28BrN5O2S. The first kappa shape index (κ1) is 21.3. The number of nitrogens with zero attached hydrogens (tertiary/aromatic N) is 5. The normalized spacial score (nSPS) is 16.3. The minimum atomic E-state index is -0.0590. The van der Waals surface area contributed by atoms with Gasteiger partial charge in [-0.3, -0.25) is 9.69 Å². The second-order valence-electron chi connectivity index (χ2n) is 8.11. The second-order valence-corrected chi connectivity index (χ2v) is 9.76. The number of hydrogen-bond donors (Lipinski definition) is 0. The number of amides is 1. The predicted octanol–water partition coefficient (Wildman–Crippen LogP) is 3.29. The smallest absolute Gasteiger partial charge is 0.275 e. The summed E-state index contributed by atoms with van der Waals surface area (Å²) in [5.41, 5.74) is 1.61. The highest BCUT2D eigenvalue weighted by Crippen LogP contribution is 2.29. The Morgan fingerprint density at radius 3 is 2.64 bits per heavy atom. The number of carbonyl (C=O) groups is 1. The number of hydrogen-bond acceptors (Lipinski definition) is 6. The Morgan fingerprint density at radius 1 is 1.29 bits per heavy atom. The van der Waals surface area contributed by atoms with Crippen molar-refractivity contribution in [3.8, 4) is 5.88 Å². The summed E-state index contributed by atoms with van der Waals surface area (Å²) < 4.78 is 7.49. The van der Waals surface area contributed by atoms with Crippen LogP contribution in [-0.2, 0) is 19.0 Å². The van der Waals surface area contributed by atoms with E-state index in [1.165, 1.54) is 5.01 Å². The van der Waals surface area contributed by atoms with E-state index in [-0.39, 0.29) is 11.3 Å². The van der Waals surface area contributed by atoms with Crippen LogP contribution in [0.25, 0.3) is 0 Å². The van der Waals surface area contributed by atoms with Gasteiger partial charge in [-0.25, -0.2) is 9.67 Å². The van der Waals surface area contributed by atoms with Gasteiger partial charge in [0.15, 0.2) is 5.69 Å². The molecule has 1 saturated heterocycles. The molecule has 0 aliphatic carbocycles. The van der Waals surface area contributed by atoms with Crippen molar-refractivity contribution in [2.45, 2.75) is 39.2 Å². The minimum absolute atomic E-state index is 0.0590. The molecule has 0 bridgehead atoms. The molecule has 28 heavy (non-hydrogen) atoms. The molecule has 154 valence electrons. The van der Waals surface area contributed by atoms with Gasteiger partial charge in [0.05, 0.1) is 17.8 Å². The molecule has 0 aromatic carbocycles. The number of thiazole rings is 1. The topological polar surface area (TPSA) is 63.5 Å². The number of carbonyl (C=O) groups excluding carboxylic acids is 1. The van der Waals surface area contributed by atoms with Crippen molar-refractivity contribution in [3.05, 3.63) is 26.2 Å². The molecular weight excluding hydrogens is 442 g/mol. The fourth-order valence-electron chi connectivity index (χ4n) is 3.28. The molecule has 0 unspecified atom stereocenters. The molecule has 0 N–H and O–H groups in total. The molecule has 2 aromatic rings. The second kappa shape index (κ2) is 8.51. The summed E-state index contributed by atoms with van der Waals surface area (Å²) >= 11 is 5.18. The molecule has 7 nitrogen and oxygen atoms in total. The van der Waals surface area contributed by atoms with Crippen LogP contribution in [-0.4, -0.2) is 63.8 Å². The van der Waals surface area contributed by atoms with Crippen LogP contribution in [0.4, 0.5) is 0 Å². The van der Waals surface area contributed by atoms with Gasteiger partial charge in [0.1, 0.15) is 4.47 Å². The lowest BCUT2D eigenvalue weighted by atomic mass is 9.98. The van der Waals surface area contributed by atoms with Crippen LogP contribution in [0.2, 0.25) is 0 Å². The number of aryl methyl sites for hydroxylation is 1. The molecule has 9 heteroatoms. The zero-order valence-corrected chi connectivity index (χ0v) is 19.6. The Hall–Kier alpha value is -1.45. The highest BCUT2D eigenvalue weighted by Gasteiger charge is 2.27. The monoisotopic (exact) mass is 469 g/mol. The Morgan fingerprint density at radius 2 is 2.04 bits per heavy atom. The van der Waals surface area contributed by atoms with Crippen LogP contribution < -0.4 is 4.74 Å². The third-order valence-electron chi connectivity index (χ3n) is 4.79. The van der Waals surface area contributed by atoms with Gasteiger partial charge in [0.2, 0.25) is 5.88 Å². The van der Waals surface area contributed by atoms with Crippen LogP contribution in [0, 0.1) is 0 Å². The third kappa shape index (κ3) is 4.58. The average molecular weight is 470 g/mol. The quantitative estimate of drug-likeness (QED) is 0.687. The van der Waals surface area contributed by atoms with Crippen LogP contribution in [0.3, 0.4) is 0 Å². The van der Waals surface area contributed by atoms with Gasteiger partial charge in [-0.2, -0.15) is 5.10 Å². The van der Waals surface area contributed by atoms with Gasteiger partial charge in [-0.05, 0) is 22.4 Å². The minimum Gasteiger partial charge on any atom is -0.480 e. The maximum absolute atomic E-state index is 13.0. The zero-order valence-electron chi connectivity index (χ0n) is 17.2. The molecule has 0 spiro atoms. The number of ether oxygens (including phenoxy) is 1. The molecule has 1 aliphatic heterocycles. The van der Waals surface area contributed by atoms with Crippen LogP contribution in [0.1, 0.15) is 48.4 Å². The lowest BCUT2D eigenvalue weighted by Gasteiger charge is -2.21. The Bertz CT molecular complexity index is 842. The molecule has 3 rings (SSSR count). The Kier molecular flexibility index (Phi) is 6.46. The van der Waals surface area contributed by atoms with E-state index in [0.29, 0.717) is 22.6 Å². The Labute approximate surface area is 178 Å². The van der Waals surface area contributed by atoms with Crippen molar-refractivity contribution in [1.82, 2.24) is 24.6 Å². The standard InChI is InChI=1S/C19H28BrN5O2S/c1-19(2,3)18-21-13(12-28-18)11-24-7-6-8-25(10-9-24)16(26)15-14(20)17(27-5)23(4)22-15/h12H,6-11H2,1-5H3. The molecule has 1 aliphatic rings. The lowest BCUT2D eigenvalue weighted by molar-refractivity contribution is 0.0753. The van der Waals surface area contributed by atoms with E-state index in [9.17, 15) is 4.79 Å². The summed E-state index contributed by atoms with van der Waals surface area (Å²) in [4.78, 5) is 22.0. The molecule has 3 heterocycles. The van der Waals surface area contributed by atoms with E-state index >= 15 is 0 Å². The lowest BCUT2D eigenvalue weighted by Crippen LogP contribution is -2.35. The van der Waals surface area contributed by atoms with Gasteiger partial charge in [-0.1, -0.05) is 20.8 Å². The van der Waals surface area contributed by atoms with E-state index in [2.05, 4.69) is 52.1 Å². The maximum Gasteiger partial charge on any atom is 0.275 e. The Balaban J connectivity index is 1.63. The summed E-state index contributed by atoms with van der Waals surface area (Å²) in [5, 5.41) is 7.66. The van der Waals surface area contributed by atoms with E-state index < -0.39 is 0 Å². The first-order valence-corrected chi connectivity index (χ1v) is 11.1. The number of aromatic nitrogens is 3. The molecule has 2 aromatic heterocycles. The molecule has 0 radical (unpaired) electrons. The SMILES string of the molecule is COc1c(Br)c(C(=O)N2CCCN(Cc3csc(C(C)(C)C)n3)CC2)nn1C. The van der Waals surface area contributed by atoms with Crippen molar-refractivity contribution in [1.29, 1.82) is 0 Å². The zero-order chi connectivity index (χ0) is 20.5. The molecule has 1 amide bonds. The highest BCUT2D eigenvalue weighted by molar-refractivity contribution is 9.10. The van der Waals surface area contributed by atoms with Gasteiger partial charge in [0, 0.05) is 50.6 Å². The summed E-state index contributed by atoms with van der Waals surface area (Å²) in [6, 6.07) is 0. The van der Waals surface area contributed by atoms with Crippen molar-refractivity contribution < 1.29 is 9.53 Å². The first-order valence-electron chi connectivity index (χ1n) is 9.43. The molecule has 0 atom stereocenters. The van der Waals surface area contributed by atoms with Crippen molar-refractivity contribution in [2.24, 2.45) is 7.05 Å². The average Bonchev–Trinajstić information content (AvgIpc) is 3.12. The van der Waals surface area contributed by atoms with Crippen LogP contribution in [0.5, 0.6) is 5.88 Å². The van der Waals surface area contributed by atoms with Gasteiger partial charge >= 0.3 is 0 Å². The van der Waals surface area contributed by atoms with E-state index in [1.807, 2.05) is 4.90 Å². The maximum atomic E-state index is 13.0. The van der Waals surface area contributed by atoms with Gasteiger partial charge < -0.3 is 9.64 Å². The third-order valence-corrected chi connectivity index (χ3v) is 6.82. The van der Waals surface area contributed by atoms with E-state index in [0.717, 1.165) is 38.3 Å².